The highest BCUT2D eigenvalue weighted by molar-refractivity contribution is 5.99. The molecule has 5 rings (SSSR count). The number of hydrogen-bond acceptors (Lipinski definition) is 5. The fraction of sp³-hybridized carbons (Fsp3) is 0.300. The van der Waals surface area contributed by atoms with Crippen LogP contribution in [-0.4, -0.2) is 47.3 Å². The van der Waals surface area contributed by atoms with E-state index in [9.17, 15) is 18.8 Å². The van der Waals surface area contributed by atoms with Gasteiger partial charge >= 0.3 is 5.97 Å². The maximum Gasteiger partial charge on any atom is 0.310 e. The second-order valence-electron chi connectivity index (χ2n) is 9.62. The number of piperidine rings is 1. The Labute approximate surface area is 221 Å². The number of amides is 2. The Balaban J connectivity index is 1.36. The molecule has 3 aromatic carbocycles. The Hall–Kier alpha value is -4.20. The Bertz CT molecular complexity index is 1340. The van der Waals surface area contributed by atoms with Crippen LogP contribution in [0.15, 0.2) is 72.8 Å². The molecule has 1 N–H and O–H groups in total. The first-order chi connectivity index (χ1) is 18.4. The molecule has 8 heteroatoms. The minimum absolute atomic E-state index is 0.118. The van der Waals surface area contributed by atoms with Crippen molar-refractivity contribution in [3.63, 3.8) is 0 Å². The van der Waals surface area contributed by atoms with Gasteiger partial charge in [-0.05, 0) is 61.7 Å². The van der Waals surface area contributed by atoms with Crippen molar-refractivity contribution in [1.29, 1.82) is 0 Å². The van der Waals surface area contributed by atoms with Crippen molar-refractivity contribution in [2.24, 2.45) is 5.92 Å². The molecule has 0 aliphatic carbocycles. The van der Waals surface area contributed by atoms with Crippen LogP contribution in [0.1, 0.15) is 57.8 Å². The number of esters is 1. The van der Waals surface area contributed by atoms with Crippen LogP contribution >= 0.6 is 0 Å². The first kappa shape index (κ1) is 25.4. The molecule has 38 heavy (non-hydrogen) atoms. The standard InChI is InChI=1S/C30H30FN3O4/c1-2-38-30(37)22-8-6-16-33(19-22)28(35)21-7-5-9-24(17-21)32-27-25-10-3-4-11-26(25)29(36)34(27)18-20-12-14-23(31)15-13-20/h3-5,7,9-15,17,22,27,32H,2,6,8,16,18-19H2,1H3. The van der Waals surface area contributed by atoms with E-state index in [1.807, 2.05) is 24.3 Å². The van der Waals surface area contributed by atoms with Gasteiger partial charge in [0.25, 0.3) is 11.8 Å². The normalized spacial score (nSPS) is 18.7. The highest BCUT2D eigenvalue weighted by Gasteiger charge is 2.36. The molecule has 0 saturated carbocycles. The molecule has 0 bridgehead atoms. The molecule has 2 unspecified atom stereocenters. The number of anilines is 1. The van der Waals surface area contributed by atoms with Gasteiger partial charge < -0.3 is 19.9 Å². The molecule has 2 heterocycles. The number of nitrogens with one attached hydrogen (secondary N) is 1. The summed E-state index contributed by atoms with van der Waals surface area (Å²) in [7, 11) is 0. The molecule has 2 aliphatic rings. The van der Waals surface area contributed by atoms with Crippen LogP contribution in [-0.2, 0) is 16.1 Å². The summed E-state index contributed by atoms with van der Waals surface area (Å²) in [6.07, 6.45) is 0.993. The number of benzene rings is 3. The van der Waals surface area contributed by atoms with Gasteiger partial charge in [-0.2, -0.15) is 0 Å². The van der Waals surface area contributed by atoms with Crippen molar-refractivity contribution in [3.05, 3.63) is 101 Å². The molecule has 7 nitrogen and oxygen atoms in total. The van der Waals surface area contributed by atoms with Crippen molar-refractivity contribution in [3.8, 4) is 0 Å². The molecule has 1 saturated heterocycles. The molecule has 0 spiro atoms. The number of carbonyl (C=O) groups excluding carboxylic acids is 3. The Morgan fingerprint density at radius 3 is 2.63 bits per heavy atom. The third-order valence-electron chi connectivity index (χ3n) is 7.07. The average Bonchev–Trinajstić information content (AvgIpc) is 3.20. The summed E-state index contributed by atoms with van der Waals surface area (Å²) in [6, 6.07) is 20.7. The number of nitrogens with zero attached hydrogens (tertiary/aromatic N) is 2. The van der Waals surface area contributed by atoms with Crippen molar-refractivity contribution in [2.45, 2.75) is 32.5 Å². The summed E-state index contributed by atoms with van der Waals surface area (Å²) >= 11 is 0. The van der Waals surface area contributed by atoms with Crippen LogP contribution in [0.3, 0.4) is 0 Å². The number of hydrogen-bond donors (Lipinski definition) is 1. The van der Waals surface area contributed by atoms with Gasteiger partial charge in [-0.3, -0.25) is 14.4 Å². The summed E-state index contributed by atoms with van der Waals surface area (Å²) < 4.78 is 18.6. The summed E-state index contributed by atoms with van der Waals surface area (Å²) in [5, 5.41) is 3.44. The van der Waals surface area contributed by atoms with Crippen LogP contribution in [0, 0.1) is 11.7 Å². The second-order valence-corrected chi connectivity index (χ2v) is 9.62. The second kappa shape index (κ2) is 11.0. The lowest BCUT2D eigenvalue weighted by molar-refractivity contribution is -0.149. The number of rotatable bonds is 7. The molecular formula is C30H30FN3O4. The van der Waals surface area contributed by atoms with E-state index < -0.39 is 6.17 Å². The van der Waals surface area contributed by atoms with Gasteiger partial charge in [-0.25, -0.2) is 4.39 Å². The third kappa shape index (κ3) is 5.25. The summed E-state index contributed by atoms with van der Waals surface area (Å²) in [5.74, 6) is -1.16. The Morgan fingerprint density at radius 1 is 1.05 bits per heavy atom. The average molecular weight is 516 g/mol. The topological polar surface area (TPSA) is 79.0 Å². The van der Waals surface area contributed by atoms with Gasteiger partial charge in [0, 0.05) is 42.0 Å². The van der Waals surface area contributed by atoms with Crippen LogP contribution in [0.25, 0.3) is 0 Å². The maximum atomic E-state index is 13.4. The molecule has 2 aliphatic heterocycles. The van der Waals surface area contributed by atoms with E-state index in [2.05, 4.69) is 5.32 Å². The first-order valence-electron chi connectivity index (χ1n) is 12.9. The van der Waals surface area contributed by atoms with E-state index in [-0.39, 0.29) is 29.5 Å². The van der Waals surface area contributed by atoms with Crippen molar-refractivity contribution >= 4 is 23.5 Å². The van der Waals surface area contributed by atoms with Crippen molar-refractivity contribution in [2.75, 3.05) is 25.0 Å². The van der Waals surface area contributed by atoms with Gasteiger partial charge in [-0.15, -0.1) is 0 Å². The van der Waals surface area contributed by atoms with Gasteiger partial charge in [0.05, 0.1) is 12.5 Å². The zero-order valence-corrected chi connectivity index (χ0v) is 21.2. The zero-order valence-electron chi connectivity index (χ0n) is 21.2. The number of ether oxygens (including phenoxy) is 1. The molecule has 196 valence electrons. The molecule has 1 fully saturated rings. The predicted octanol–water partition coefficient (Wildman–Crippen LogP) is 5.01. The van der Waals surface area contributed by atoms with Gasteiger partial charge in [0.2, 0.25) is 0 Å². The number of fused-ring (bicyclic) bond motifs is 1. The largest absolute Gasteiger partial charge is 0.466 e. The van der Waals surface area contributed by atoms with Crippen molar-refractivity contribution < 1.29 is 23.5 Å². The molecule has 3 aromatic rings. The first-order valence-corrected chi connectivity index (χ1v) is 12.9. The van der Waals surface area contributed by atoms with Crippen LogP contribution in [0.4, 0.5) is 10.1 Å². The van der Waals surface area contributed by atoms with Gasteiger partial charge in [0.15, 0.2) is 0 Å². The zero-order chi connectivity index (χ0) is 26.6. The monoisotopic (exact) mass is 515 g/mol. The molecular weight excluding hydrogens is 485 g/mol. The summed E-state index contributed by atoms with van der Waals surface area (Å²) in [4.78, 5) is 42.3. The maximum absolute atomic E-state index is 13.4. The highest BCUT2D eigenvalue weighted by Crippen LogP contribution is 2.36. The van der Waals surface area contributed by atoms with E-state index in [4.69, 9.17) is 4.74 Å². The fourth-order valence-corrected chi connectivity index (χ4v) is 5.17. The molecule has 0 aromatic heterocycles. The van der Waals surface area contributed by atoms with Crippen LogP contribution in [0.5, 0.6) is 0 Å². The molecule has 0 radical (unpaired) electrons. The minimum Gasteiger partial charge on any atom is -0.466 e. The smallest absolute Gasteiger partial charge is 0.310 e. The lowest BCUT2D eigenvalue weighted by Crippen LogP contribution is -2.42. The Kier molecular flexibility index (Phi) is 7.40. The van der Waals surface area contributed by atoms with Crippen LogP contribution < -0.4 is 5.32 Å². The lowest BCUT2D eigenvalue weighted by atomic mass is 9.97. The Morgan fingerprint density at radius 2 is 1.84 bits per heavy atom. The number of halogens is 1. The number of likely N-dealkylation sites (tertiary alicyclic amines) is 1. The molecule has 2 atom stereocenters. The predicted molar refractivity (Wildman–Crippen MR) is 141 cm³/mol. The van der Waals surface area contributed by atoms with E-state index >= 15 is 0 Å². The van der Waals surface area contributed by atoms with Crippen molar-refractivity contribution in [1.82, 2.24) is 9.80 Å². The van der Waals surface area contributed by atoms with E-state index in [1.54, 1.807) is 53.1 Å². The third-order valence-corrected chi connectivity index (χ3v) is 7.07. The summed E-state index contributed by atoms with van der Waals surface area (Å²) in [6.45, 7) is 3.32. The molecule has 2 amide bonds. The SMILES string of the molecule is CCOC(=O)C1CCCN(C(=O)c2cccc(NC3c4ccccc4C(=O)N3Cc3ccc(F)cc3)c2)C1. The fourth-order valence-electron chi connectivity index (χ4n) is 5.17. The summed E-state index contributed by atoms with van der Waals surface area (Å²) in [5.41, 5.74) is 3.45. The minimum atomic E-state index is -0.461. The van der Waals surface area contributed by atoms with Crippen LogP contribution in [0.2, 0.25) is 0 Å². The number of carbonyl (C=O) groups is 3. The van der Waals surface area contributed by atoms with E-state index in [1.165, 1.54) is 12.1 Å². The van der Waals surface area contributed by atoms with Gasteiger partial charge in [-0.1, -0.05) is 36.4 Å². The van der Waals surface area contributed by atoms with E-state index in [0.29, 0.717) is 49.5 Å². The highest BCUT2D eigenvalue weighted by atomic mass is 19.1. The van der Waals surface area contributed by atoms with E-state index in [0.717, 1.165) is 17.5 Å². The van der Waals surface area contributed by atoms with Gasteiger partial charge in [0.1, 0.15) is 12.0 Å². The quantitative estimate of drug-likeness (QED) is 0.448. The lowest BCUT2D eigenvalue weighted by Gasteiger charge is -2.32.